The normalized spacial score (nSPS) is 24.0. The third kappa shape index (κ3) is 3.87. The first-order chi connectivity index (χ1) is 10.4. The molecule has 0 spiro atoms. The maximum absolute atomic E-state index is 3.43. The lowest BCUT2D eigenvalue weighted by Crippen LogP contribution is -2.34. The van der Waals surface area contributed by atoms with E-state index in [2.05, 4.69) is 41.4 Å². The summed E-state index contributed by atoms with van der Waals surface area (Å²) >= 11 is 0. The quantitative estimate of drug-likeness (QED) is 0.852. The molecule has 1 aliphatic heterocycles. The fourth-order valence-corrected chi connectivity index (χ4v) is 4.27. The summed E-state index contributed by atoms with van der Waals surface area (Å²) in [5, 5.41) is 3.43. The Hall–Kier alpha value is -0.860. The Labute approximate surface area is 129 Å². The highest BCUT2D eigenvalue weighted by molar-refractivity contribution is 5.23. The molecule has 1 heterocycles. The van der Waals surface area contributed by atoms with Crippen LogP contribution in [0.5, 0.6) is 0 Å². The van der Waals surface area contributed by atoms with E-state index in [9.17, 15) is 0 Å². The Morgan fingerprint density at radius 3 is 2.71 bits per heavy atom. The van der Waals surface area contributed by atoms with Crippen molar-refractivity contribution in [3.63, 3.8) is 0 Å². The van der Waals surface area contributed by atoms with E-state index in [-0.39, 0.29) is 0 Å². The molecule has 1 saturated heterocycles. The van der Waals surface area contributed by atoms with Gasteiger partial charge in [0.15, 0.2) is 0 Å². The molecular weight excluding hydrogens is 256 g/mol. The number of benzene rings is 1. The van der Waals surface area contributed by atoms with Crippen molar-refractivity contribution in [1.29, 1.82) is 0 Å². The van der Waals surface area contributed by atoms with Crippen LogP contribution in [0.1, 0.15) is 56.6 Å². The summed E-state index contributed by atoms with van der Waals surface area (Å²) in [5.74, 6) is 0.984. The standard InChI is InChI=1S/C19H30N2/c1-2-20-14-16-7-5-8-17(13-16)15-21-12-6-11-19(21)18-9-3-4-10-18/h5,7-8,13,18-20H,2-4,6,9-12,14-15H2,1H3. The zero-order chi connectivity index (χ0) is 14.5. The van der Waals surface area contributed by atoms with Crippen molar-refractivity contribution in [2.75, 3.05) is 13.1 Å². The van der Waals surface area contributed by atoms with Crippen LogP contribution in [0, 0.1) is 5.92 Å². The van der Waals surface area contributed by atoms with E-state index in [0.717, 1.165) is 31.6 Å². The Kier molecular flexibility index (Phi) is 5.32. The third-order valence-corrected chi connectivity index (χ3v) is 5.31. The zero-order valence-corrected chi connectivity index (χ0v) is 13.5. The van der Waals surface area contributed by atoms with Crippen LogP contribution in [-0.2, 0) is 13.1 Å². The number of hydrogen-bond acceptors (Lipinski definition) is 2. The van der Waals surface area contributed by atoms with E-state index >= 15 is 0 Å². The van der Waals surface area contributed by atoms with Crippen LogP contribution in [0.4, 0.5) is 0 Å². The second-order valence-electron chi connectivity index (χ2n) is 6.82. The molecule has 1 atom stereocenters. The Bertz CT molecular complexity index is 437. The Balaban J connectivity index is 1.62. The van der Waals surface area contributed by atoms with Crippen molar-refractivity contribution in [3.8, 4) is 0 Å². The van der Waals surface area contributed by atoms with Gasteiger partial charge in [-0.1, -0.05) is 44.0 Å². The van der Waals surface area contributed by atoms with Crippen molar-refractivity contribution >= 4 is 0 Å². The van der Waals surface area contributed by atoms with Crippen molar-refractivity contribution in [1.82, 2.24) is 10.2 Å². The molecule has 0 aromatic heterocycles. The first-order valence-corrected chi connectivity index (χ1v) is 8.89. The molecule has 2 fully saturated rings. The molecule has 1 aromatic rings. The van der Waals surface area contributed by atoms with Gasteiger partial charge in [-0.25, -0.2) is 0 Å². The summed E-state index contributed by atoms with van der Waals surface area (Å²) in [6.07, 6.45) is 8.71. The molecule has 2 aliphatic rings. The van der Waals surface area contributed by atoms with Crippen molar-refractivity contribution in [2.24, 2.45) is 5.92 Å². The summed E-state index contributed by atoms with van der Waals surface area (Å²) in [7, 11) is 0. The average molecular weight is 286 g/mol. The van der Waals surface area contributed by atoms with Gasteiger partial charge < -0.3 is 5.32 Å². The van der Waals surface area contributed by atoms with Gasteiger partial charge in [-0.15, -0.1) is 0 Å². The van der Waals surface area contributed by atoms with Gasteiger partial charge in [0, 0.05) is 19.1 Å². The lowest BCUT2D eigenvalue weighted by atomic mass is 9.95. The first kappa shape index (κ1) is 15.1. The molecule has 0 radical (unpaired) electrons. The lowest BCUT2D eigenvalue weighted by Gasteiger charge is -2.29. The highest BCUT2D eigenvalue weighted by Gasteiger charge is 2.32. The second-order valence-corrected chi connectivity index (χ2v) is 6.82. The van der Waals surface area contributed by atoms with Gasteiger partial charge >= 0.3 is 0 Å². The predicted octanol–water partition coefficient (Wildman–Crippen LogP) is 3.95. The van der Waals surface area contributed by atoms with Crippen LogP contribution in [0.25, 0.3) is 0 Å². The second kappa shape index (κ2) is 7.42. The van der Waals surface area contributed by atoms with Gasteiger partial charge in [-0.3, -0.25) is 4.90 Å². The highest BCUT2D eigenvalue weighted by atomic mass is 15.2. The van der Waals surface area contributed by atoms with Gasteiger partial charge in [0.2, 0.25) is 0 Å². The molecule has 116 valence electrons. The van der Waals surface area contributed by atoms with Crippen LogP contribution in [0.15, 0.2) is 24.3 Å². The summed E-state index contributed by atoms with van der Waals surface area (Å²) < 4.78 is 0. The molecule has 2 heteroatoms. The first-order valence-electron chi connectivity index (χ1n) is 8.89. The lowest BCUT2D eigenvalue weighted by molar-refractivity contribution is 0.183. The summed E-state index contributed by atoms with van der Waals surface area (Å²) in [6, 6.07) is 10.0. The molecule has 1 aromatic carbocycles. The molecule has 21 heavy (non-hydrogen) atoms. The molecule has 1 aliphatic carbocycles. The predicted molar refractivity (Wildman–Crippen MR) is 89.2 cm³/mol. The molecule has 1 saturated carbocycles. The third-order valence-electron chi connectivity index (χ3n) is 5.31. The van der Waals surface area contributed by atoms with Crippen molar-refractivity contribution in [3.05, 3.63) is 35.4 Å². The van der Waals surface area contributed by atoms with Crippen LogP contribution in [0.3, 0.4) is 0 Å². The zero-order valence-electron chi connectivity index (χ0n) is 13.5. The molecular formula is C19H30N2. The molecule has 0 amide bonds. The van der Waals surface area contributed by atoms with E-state index < -0.39 is 0 Å². The topological polar surface area (TPSA) is 15.3 Å². The van der Waals surface area contributed by atoms with Gasteiger partial charge in [-0.05, 0) is 55.8 Å². The highest BCUT2D eigenvalue weighted by Crippen LogP contribution is 2.36. The molecule has 3 rings (SSSR count). The van der Waals surface area contributed by atoms with Gasteiger partial charge in [-0.2, -0.15) is 0 Å². The fraction of sp³-hybridized carbons (Fsp3) is 0.684. The largest absolute Gasteiger partial charge is 0.313 e. The van der Waals surface area contributed by atoms with E-state index in [1.165, 1.54) is 56.2 Å². The monoisotopic (exact) mass is 286 g/mol. The van der Waals surface area contributed by atoms with Crippen LogP contribution >= 0.6 is 0 Å². The smallest absolute Gasteiger partial charge is 0.0236 e. The van der Waals surface area contributed by atoms with Gasteiger partial charge in [0.05, 0.1) is 0 Å². The number of nitrogens with one attached hydrogen (secondary N) is 1. The van der Waals surface area contributed by atoms with E-state index in [0.29, 0.717) is 0 Å². The average Bonchev–Trinajstić information content (AvgIpc) is 3.16. The van der Waals surface area contributed by atoms with Crippen molar-refractivity contribution < 1.29 is 0 Å². The minimum Gasteiger partial charge on any atom is -0.313 e. The van der Waals surface area contributed by atoms with Crippen LogP contribution in [0.2, 0.25) is 0 Å². The fourth-order valence-electron chi connectivity index (χ4n) is 4.27. The van der Waals surface area contributed by atoms with Gasteiger partial charge in [0.1, 0.15) is 0 Å². The van der Waals surface area contributed by atoms with Crippen LogP contribution in [-0.4, -0.2) is 24.0 Å². The maximum Gasteiger partial charge on any atom is 0.0236 e. The minimum absolute atomic E-state index is 0.866. The molecule has 0 bridgehead atoms. The Morgan fingerprint density at radius 1 is 1.10 bits per heavy atom. The Morgan fingerprint density at radius 2 is 1.90 bits per heavy atom. The van der Waals surface area contributed by atoms with Crippen molar-refractivity contribution in [2.45, 2.75) is 64.6 Å². The van der Waals surface area contributed by atoms with Crippen LogP contribution < -0.4 is 5.32 Å². The summed E-state index contributed by atoms with van der Waals surface area (Å²) in [5.41, 5.74) is 2.92. The van der Waals surface area contributed by atoms with E-state index in [1.54, 1.807) is 0 Å². The summed E-state index contributed by atoms with van der Waals surface area (Å²) in [4.78, 5) is 2.77. The number of nitrogens with zero attached hydrogens (tertiary/aromatic N) is 1. The SMILES string of the molecule is CCNCc1cccc(CN2CCCC2C2CCCC2)c1. The number of hydrogen-bond donors (Lipinski definition) is 1. The summed E-state index contributed by atoms with van der Waals surface area (Å²) in [6.45, 7) is 6.66. The number of rotatable bonds is 6. The van der Waals surface area contributed by atoms with E-state index in [1.807, 2.05) is 0 Å². The van der Waals surface area contributed by atoms with Gasteiger partial charge in [0.25, 0.3) is 0 Å². The number of likely N-dealkylation sites (tertiary alicyclic amines) is 1. The maximum atomic E-state index is 3.43. The van der Waals surface area contributed by atoms with E-state index in [4.69, 9.17) is 0 Å². The minimum atomic E-state index is 0.866. The molecule has 2 nitrogen and oxygen atoms in total. The molecule has 1 N–H and O–H groups in total. The molecule has 1 unspecified atom stereocenters.